The average Bonchev–Trinajstić information content (AvgIpc) is 2.97. The number of carbonyl (C=O) groups is 1. The SMILES string of the molecule is COCC(C)C(=O)N(Cc1ccsc1)C1CC12CCNCC2. The number of nitrogens with zero attached hydrogens (tertiary/aromatic N) is 1. The monoisotopic (exact) mass is 322 g/mol. The summed E-state index contributed by atoms with van der Waals surface area (Å²) in [5, 5.41) is 7.67. The summed E-state index contributed by atoms with van der Waals surface area (Å²) in [7, 11) is 1.67. The first-order valence-electron chi connectivity index (χ1n) is 8.17. The van der Waals surface area contributed by atoms with Crippen LogP contribution in [0.4, 0.5) is 0 Å². The molecule has 1 saturated carbocycles. The van der Waals surface area contributed by atoms with Gasteiger partial charge < -0.3 is 15.0 Å². The molecular formula is C17H26N2O2S. The van der Waals surface area contributed by atoms with Crippen molar-refractivity contribution in [1.82, 2.24) is 10.2 Å². The van der Waals surface area contributed by atoms with Crippen molar-refractivity contribution >= 4 is 17.2 Å². The number of hydrogen-bond acceptors (Lipinski definition) is 4. The van der Waals surface area contributed by atoms with Crippen LogP contribution in [0.3, 0.4) is 0 Å². The molecule has 1 aromatic heterocycles. The maximum atomic E-state index is 12.9. The van der Waals surface area contributed by atoms with Crippen LogP contribution >= 0.6 is 11.3 Å². The number of nitrogens with one attached hydrogen (secondary N) is 1. The number of hydrogen-bond donors (Lipinski definition) is 1. The summed E-state index contributed by atoms with van der Waals surface area (Å²) in [6, 6.07) is 2.55. The van der Waals surface area contributed by atoms with Crippen LogP contribution in [0.5, 0.6) is 0 Å². The van der Waals surface area contributed by atoms with E-state index >= 15 is 0 Å². The molecule has 1 spiro atoms. The zero-order valence-electron chi connectivity index (χ0n) is 13.5. The number of methoxy groups -OCH3 is 1. The second-order valence-electron chi connectivity index (χ2n) is 6.79. The second-order valence-corrected chi connectivity index (χ2v) is 7.57. The molecule has 2 fully saturated rings. The molecule has 0 bridgehead atoms. The van der Waals surface area contributed by atoms with Gasteiger partial charge in [0, 0.05) is 19.7 Å². The van der Waals surface area contributed by atoms with Crippen molar-refractivity contribution in [2.45, 2.75) is 38.8 Å². The Kier molecular flexibility index (Phi) is 4.85. The van der Waals surface area contributed by atoms with E-state index in [0.717, 1.165) is 19.6 Å². The quantitative estimate of drug-likeness (QED) is 0.875. The van der Waals surface area contributed by atoms with Crippen LogP contribution < -0.4 is 5.32 Å². The van der Waals surface area contributed by atoms with Crippen LogP contribution in [0.25, 0.3) is 0 Å². The summed E-state index contributed by atoms with van der Waals surface area (Å²) >= 11 is 1.70. The lowest BCUT2D eigenvalue weighted by Gasteiger charge is -2.31. The highest BCUT2D eigenvalue weighted by atomic mass is 32.1. The summed E-state index contributed by atoms with van der Waals surface area (Å²) in [6.45, 7) is 5.40. The number of amides is 1. The van der Waals surface area contributed by atoms with Gasteiger partial charge in [-0.1, -0.05) is 6.92 Å². The molecule has 2 aliphatic rings. The first-order chi connectivity index (χ1) is 10.7. The normalized spacial score (nSPS) is 24.2. The van der Waals surface area contributed by atoms with Crippen molar-refractivity contribution in [3.8, 4) is 0 Å². The minimum absolute atomic E-state index is 0.0667. The van der Waals surface area contributed by atoms with Gasteiger partial charge in [-0.3, -0.25) is 4.79 Å². The van der Waals surface area contributed by atoms with Crippen molar-refractivity contribution in [3.05, 3.63) is 22.4 Å². The largest absolute Gasteiger partial charge is 0.384 e. The average molecular weight is 322 g/mol. The van der Waals surface area contributed by atoms with Crippen molar-refractivity contribution in [1.29, 1.82) is 0 Å². The third-order valence-electron chi connectivity index (χ3n) is 5.18. The molecule has 1 aromatic rings. The Morgan fingerprint density at radius 1 is 1.55 bits per heavy atom. The number of ether oxygens (including phenoxy) is 1. The molecule has 2 unspecified atom stereocenters. The Hall–Kier alpha value is -0.910. The standard InChI is InChI=1S/C17H26N2O2S/c1-13(11-21-2)16(20)19(10-14-3-8-22-12-14)15-9-17(15)4-6-18-7-5-17/h3,8,12-13,15,18H,4-7,9-11H2,1-2H3. The van der Waals surface area contributed by atoms with Crippen LogP contribution in [0, 0.1) is 11.3 Å². The molecule has 2 heterocycles. The zero-order chi connectivity index (χ0) is 15.6. The molecule has 1 N–H and O–H groups in total. The fraction of sp³-hybridized carbons (Fsp3) is 0.706. The third kappa shape index (κ3) is 3.21. The molecule has 122 valence electrons. The third-order valence-corrected chi connectivity index (χ3v) is 5.91. The molecule has 1 aliphatic carbocycles. The molecule has 0 aromatic carbocycles. The zero-order valence-corrected chi connectivity index (χ0v) is 14.3. The highest BCUT2D eigenvalue weighted by molar-refractivity contribution is 7.07. The minimum Gasteiger partial charge on any atom is -0.384 e. The smallest absolute Gasteiger partial charge is 0.228 e. The summed E-state index contributed by atoms with van der Waals surface area (Å²) in [6.07, 6.45) is 3.57. The fourth-order valence-electron chi connectivity index (χ4n) is 3.75. The van der Waals surface area contributed by atoms with Gasteiger partial charge in [0.2, 0.25) is 5.91 Å². The summed E-state index contributed by atoms with van der Waals surface area (Å²) in [5.74, 6) is 0.177. The molecule has 3 rings (SSSR count). The number of carbonyl (C=O) groups excluding carboxylic acids is 1. The van der Waals surface area contributed by atoms with Gasteiger partial charge in [0.15, 0.2) is 0 Å². The molecule has 0 radical (unpaired) electrons. The maximum Gasteiger partial charge on any atom is 0.228 e. The lowest BCUT2D eigenvalue weighted by molar-refractivity contribution is -0.138. The lowest BCUT2D eigenvalue weighted by Crippen LogP contribution is -2.42. The second kappa shape index (κ2) is 6.69. The van der Waals surface area contributed by atoms with Crippen molar-refractivity contribution in [2.75, 3.05) is 26.8 Å². The van der Waals surface area contributed by atoms with E-state index in [1.54, 1.807) is 18.4 Å². The van der Waals surface area contributed by atoms with Gasteiger partial charge in [0.25, 0.3) is 0 Å². The van der Waals surface area contributed by atoms with Crippen LogP contribution in [-0.2, 0) is 16.1 Å². The predicted molar refractivity (Wildman–Crippen MR) is 88.9 cm³/mol. The Labute approximate surface area is 136 Å². The maximum absolute atomic E-state index is 12.9. The summed E-state index contributed by atoms with van der Waals surface area (Å²) < 4.78 is 5.19. The number of rotatable bonds is 6. The van der Waals surface area contributed by atoms with Crippen molar-refractivity contribution in [3.63, 3.8) is 0 Å². The van der Waals surface area contributed by atoms with Gasteiger partial charge in [-0.2, -0.15) is 11.3 Å². The van der Waals surface area contributed by atoms with E-state index in [1.165, 1.54) is 24.8 Å². The van der Waals surface area contributed by atoms with E-state index < -0.39 is 0 Å². The Balaban J connectivity index is 1.73. The molecule has 1 saturated heterocycles. The highest BCUT2D eigenvalue weighted by Crippen LogP contribution is 2.56. The van der Waals surface area contributed by atoms with Crippen molar-refractivity contribution in [2.24, 2.45) is 11.3 Å². The van der Waals surface area contributed by atoms with Crippen LogP contribution in [0.2, 0.25) is 0 Å². The first kappa shape index (κ1) is 16.0. The van der Waals surface area contributed by atoms with Crippen LogP contribution in [0.1, 0.15) is 31.7 Å². The molecule has 5 heteroatoms. The molecule has 22 heavy (non-hydrogen) atoms. The molecule has 2 atom stereocenters. The Bertz CT molecular complexity index is 497. The van der Waals surface area contributed by atoms with Gasteiger partial charge in [0.05, 0.1) is 12.5 Å². The number of piperidine rings is 1. The van der Waals surface area contributed by atoms with E-state index in [0.29, 0.717) is 18.1 Å². The molecule has 1 aliphatic heterocycles. The first-order valence-corrected chi connectivity index (χ1v) is 9.12. The van der Waals surface area contributed by atoms with Gasteiger partial charge in [0.1, 0.15) is 0 Å². The summed E-state index contributed by atoms with van der Waals surface area (Å²) in [4.78, 5) is 15.0. The molecule has 4 nitrogen and oxygen atoms in total. The lowest BCUT2D eigenvalue weighted by atomic mass is 9.93. The van der Waals surface area contributed by atoms with Crippen molar-refractivity contribution < 1.29 is 9.53 Å². The summed E-state index contributed by atoms with van der Waals surface area (Å²) in [5.41, 5.74) is 1.63. The predicted octanol–water partition coefficient (Wildman–Crippen LogP) is 2.50. The highest BCUT2D eigenvalue weighted by Gasteiger charge is 2.57. The van der Waals surface area contributed by atoms with E-state index in [4.69, 9.17) is 4.74 Å². The van der Waals surface area contributed by atoms with Crippen LogP contribution in [-0.4, -0.2) is 43.7 Å². The fourth-order valence-corrected chi connectivity index (χ4v) is 4.41. The van der Waals surface area contributed by atoms with E-state index in [2.05, 4.69) is 27.0 Å². The van der Waals surface area contributed by atoms with Gasteiger partial charge in [-0.05, 0) is 60.2 Å². The Morgan fingerprint density at radius 2 is 2.32 bits per heavy atom. The molecular weight excluding hydrogens is 296 g/mol. The van der Waals surface area contributed by atoms with Gasteiger partial charge >= 0.3 is 0 Å². The topological polar surface area (TPSA) is 41.6 Å². The van der Waals surface area contributed by atoms with Crippen LogP contribution in [0.15, 0.2) is 16.8 Å². The van der Waals surface area contributed by atoms with E-state index in [9.17, 15) is 4.79 Å². The molecule has 1 amide bonds. The number of thiophene rings is 1. The van der Waals surface area contributed by atoms with Gasteiger partial charge in [-0.25, -0.2) is 0 Å². The van der Waals surface area contributed by atoms with E-state index in [1.807, 2.05) is 6.92 Å². The minimum atomic E-state index is -0.0667. The van der Waals surface area contributed by atoms with E-state index in [-0.39, 0.29) is 11.8 Å². The Morgan fingerprint density at radius 3 is 2.95 bits per heavy atom. The van der Waals surface area contributed by atoms with Gasteiger partial charge in [-0.15, -0.1) is 0 Å².